The third-order valence-electron chi connectivity index (χ3n) is 2.95. The number of nitriles is 1. The van der Waals surface area contributed by atoms with Crippen LogP contribution in [0.5, 0.6) is 17.2 Å². The fourth-order valence-corrected chi connectivity index (χ4v) is 1.79. The lowest BCUT2D eigenvalue weighted by Crippen LogP contribution is -2.08. The van der Waals surface area contributed by atoms with Crippen LogP contribution in [0.4, 0.5) is 0 Å². The summed E-state index contributed by atoms with van der Waals surface area (Å²) < 4.78 is 5.06. The van der Waals surface area contributed by atoms with E-state index in [4.69, 9.17) is 15.1 Å². The molecule has 0 spiro atoms. The van der Waals surface area contributed by atoms with Crippen LogP contribution in [0.25, 0.3) is 6.08 Å². The molecular weight excluding hydrogens is 314 g/mol. The van der Waals surface area contributed by atoms with Gasteiger partial charge in [0, 0.05) is 0 Å². The molecule has 0 aliphatic rings. The number of carboxylic acids is 1. The summed E-state index contributed by atoms with van der Waals surface area (Å²) >= 11 is 0. The van der Waals surface area contributed by atoms with Crippen molar-refractivity contribution in [2.24, 2.45) is 0 Å². The van der Waals surface area contributed by atoms with E-state index in [9.17, 15) is 19.8 Å². The quantitative estimate of drug-likeness (QED) is 0.259. The van der Waals surface area contributed by atoms with Gasteiger partial charge in [0.25, 0.3) is 0 Å². The van der Waals surface area contributed by atoms with E-state index in [0.29, 0.717) is 5.56 Å². The van der Waals surface area contributed by atoms with E-state index < -0.39 is 17.5 Å². The van der Waals surface area contributed by atoms with Crippen LogP contribution in [-0.4, -0.2) is 27.3 Å². The van der Waals surface area contributed by atoms with Crippen LogP contribution in [0, 0.1) is 11.3 Å². The molecule has 0 saturated carbocycles. The highest BCUT2D eigenvalue weighted by Gasteiger charge is 2.14. The Morgan fingerprint density at radius 2 is 1.75 bits per heavy atom. The van der Waals surface area contributed by atoms with Gasteiger partial charge in [0.1, 0.15) is 34.5 Å². The SMILES string of the molecule is N#C/C(=C\c1ccc(OC(=O)c2cc(O)ccc2O)cc1)C(=O)O. The second-order valence-electron chi connectivity index (χ2n) is 4.63. The van der Waals surface area contributed by atoms with E-state index in [1.54, 1.807) is 6.07 Å². The number of hydrogen-bond acceptors (Lipinski definition) is 6. The summed E-state index contributed by atoms with van der Waals surface area (Å²) in [5.74, 6) is -2.59. The zero-order valence-electron chi connectivity index (χ0n) is 12.1. The number of hydrogen-bond donors (Lipinski definition) is 3. The van der Waals surface area contributed by atoms with Crippen molar-refractivity contribution >= 4 is 18.0 Å². The summed E-state index contributed by atoms with van der Waals surface area (Å²) in [6, 6.07) is 10.7. The van der Waals surface area contributed by atoms with Gasteiger partial charge in [-0.25, -0.2) is 9.59 Å². The van der Waals surface area contributed by atoms with E-state index in [2.05, 4.69) is 0 Å². The maximum atomic E-state index is 12.0. The Balaban J connectivity index is 2.17. The summed E-state index contributed by atoms with van der Waals surface area (Å²) in [7, 11) is 0. The normalized spacial score (nSPS) is 10.7. The highest BCUT2D eigenvalue weighted by molar-refractivity contribution is 5.96. The first-order valence-electron chi connectivity index (χ1n) is 6.60. The predicted molar refractivity (Wildman–Crippen MR) is 82.4 cm³/mol. The van der Waals surface area contributed by atoms with E-state index >= 15 is 0 Å². The molecule has 0 aliphatic heterocycles. The van der Waals surface area contributed by atoms with Crippen molar-refractivity contribution < 1.29 is 29.6 Å². The number of carbonyl (C=O) groups is 2. The standard InChI is InChI=1S/C17H11NO6/c18-9-11(16(21)22)7-10-1-4-13(5-2-10)24-17(23)14-8-12(19)3-6-15(14)20/h1-8,19-20H,(H,21,22)/b11-7+. The van der Waals surface area contributed by atoms with Crippen molar-refractivity contribution in [3.8, 4) is 23.3 Å². The summed E-state index contributed by atoms with van der Waals surface area (Å²) in [6.07, 6.45) is 1.18. The van der Waals surface area contributed by atoms with Crippen LogP contribution < -0.4 is 4.74 Å². The van der Waals surface area contributed by atoms with Gasteiger partial charge in [-0.05, 0) is 42.0 Å². The minimum atomic E-state index is -1.34. The first-order chi connectivity index (χ1) is 11.4. The maximum absolute atomic E-state index is 12.0. The number of benzene rings is 2. The molecule has 0 atom stereocenters. The van der Waals surface area contributed by atoms with Gasteiger partial charge in [-0.15, -0.1) is 0 Å². The molecule has 7 nitrogen and oxygen atoms in total. The second kappa shape index (κ2) is 6.98. The molecule has 0 saturated heterocycles. The maximum Gasteiger partial charge on any atom is 0.347 e. The van der Waals surface area contributed by atoms with Crippen molar-refractivity contribution in [3.63, 3.8) is 0 Å². The molecule has 24 heavy (non-hydrogen) atoms. The zero-order valence-corrected chi connectivity index (χ0v) is 12.1. The topological polar surface area (TPSA) is 128 Å². The molecule has 3 N–H and O–H groups in total. The molecule has 0 bridgehead atoms. The summed E-state index contributed by atoms with van der Waals surface area (Å²) in [4.78, 5) is 22.7. The number of nitrogens with zero attached hydrogens (tertiary/aromatic N) is 1. The van der Waals surface area contributed by atoms with E-state index in [1.807, 2.05) is 0 Å². The number of phenols is 2. The van der Waals surface area contributed by atoms with Gasteiger partial charge < -0.3 is 20.1 Å². The molecule has 0 aliphatic carbocycles. The molecule has 2 aromatic carbocycles. The minimum absolute atomic E-state index is 0.147. The molecule has 0 aromatic heterocycles. The van der Waals surface area contributed by atoms with Gasteiger partial charge in [0.05, 0.1) is 0 Å². The number of aromatic hydroxyl groups is 2. The van der Waals surface area contributed by atoms with Crippen molar-refractivity contribution in [1.82, 2.24) is 0 Å². The Morgan fingerprint density at radius 3 is 2.33 bits per heavy atom. The lowest BCUT2D eigenvalue weighted by Gasteiger charge is -2.06. The Kier molecular flexibility index (Phi) is 4.82. The Morgan fingerprint density at radius 1 is 1.08 bits per heavy atom. The molecule has 2 rings (SSSR count). The predicted octanol–water partition coefficient (Wildman–Crippen LogP) is 2.31. The summed E-state index contributed by atoms with van der Waals surface area (Å²) in [5.41, 5.74) is -0.185. The Hall–Kier alpha value is -3.79. The molecule has 120 valence electrons. The largest absolute Gasteiger partial charge is 0.508 e. The third kappa shape index (κ3) is 3.90. The molecule has 0 amide bonds. The molecule has 0 fully saturated rings. The number of esters is 1. The number of carboxylic acid groups (broad SMARTS) is 1. The van der Waals surface area contributed by atoms with Crippen LogP contribution in [0.1, 0.15) is 15.9 Å². The third-order valence-corrected chi connectivity index (χ3v) is 2.95. The van der Waals surface area contributed by atoms with Gasteiger partial charge in [-0.3, -0.25) is 0 Å². The fraction of sp³-hybridized carbons (Fsp3) is 0. The molecule has 0 radical (unpaired) electrons. The summed E-state index contributed by atoms with van der Waals surface area (Å²) in [6.45, 7) is 0. The molecule has 0 unspecified atom stereocenters. The van der Waals surface area contributed by atoms with E-state index in [-0.39, 0.29) is 22.8 Å². The van der Waals surface area contributed by atoms with Crippen LogP contribution in [0.3, 0.4) is 0 Å². The van der Waals surface area contributed by atoms with E-state index in [0.717, 1.165) is 12.1 Å². The number of aliphatic carboxylic acids is 1. The van der Waals surface area contributed by atoms with Gasteiger partial charge in [-0.2, -0.15) is 5.26 Å². The first-order valence-corrected chi connectivity index (χ1v) is 6.60. The lowest BCUT2D eigenvalue weighted by atomic mass is 10.1. The number of rotatable bonds is 4. The molecule has 2 aromatic rings. The average molecular weight is 325 g/mol. The van der Waals surface area contributed by atoms with Crippen LogP contribution in [0.2, 0.25) is 0 Å². The van der Waals surface area contributed by atoms with Crippen LogP contribution >= 0.6 is 0 Å². The van der Waals surface area contributed by atoms with Crippen molar-refractivity contribution in [2.75, 3.05) is 0 Å². The highest BCUT2D eigenvalue weighted by Crippen LogP contribution is 2.24. The smallest absolute Gasteiger partial charge is 0.347 e. The number of carbonyl (C=O) groups excluding carboxylic acids is 1. The van der Waals surface area contributed by atoms with E-state index in [1.165, 1.54) is 36.4 Å². The Bertz CT molecular complexity index is 862. The number of ether oxygens (including phenoxy) is 1. The lowest BCUT2D eigenvalue weighted by molar-refractivity contribution is -0.132. The second-order valence-corrected chi connectivity index (χ2v) is 4.63. The molecular formula is C17H11NO6. The Labute approximate surface area is 136 Å². The fourth-order valence-electron chi connectivity index (χ4n) is 1.79. The van der Waals surface area contributed by atoms with Gasteiger partial charge >= 0.3 is 11.9 Å². The van der Waals surface area contributed by atoms with Gasteiger partial charge in [0.2, 0.25) is 0 Å². The van der Waals surface area contributed by atoms with Crippen molar-refractivity contribution in [2.45, 2.75) is 0 Å². The average Bonchev–Trinajstić information content (AvgIpc) is 2.56. The zero-order chi connectivity index (χ0) is 17.7. The van der Waals surface area contributed by atoms with Crippen molar-refractivity contribution in [1.29, 1.82) is 5.26 Å². The number of phenolic OH excluding ortho intramolecular Hbond substituents is 2. The van der Waals surface area contributed by atoms with Gasteiger partial charge in [0.15, 0.2) is 0 Å². The van der Waals surface area contributed by atoms with Crippen LogP contribution in [-0.2, 0) is 4.79 Å². The molecule has 0 heterocycles. The van der Waals surface area contributed by atoms with Gasteiger partial charge in [-0.1, -0.05) is 12.1 Å². The summed E-state index contributed by atoms with van der Waals surface area (Å²) in [5, 5.41) is 36.4. The minimum Gasteiger partial charge on any atom is -0.508 e. The first kappa shape index (κ1) is 16.6. The molecule has 7 heteroatoms. The van der Waals surface area contributed by atoms with Crippen LogP contribution in [0.15, 0.2) is 48.0 Å². The highest BCUT2D eigenvalue weighted by atomic mass is 16.5. The monoisotopic (exact) mass is 325 g/mol. The van der Waals surface area contributed by atoms with Crippen molar-refractivity contribution in [3.05, 3.63) is 59.2 Å².